The second-order valence-electron chi connectivity index (χ2n) is 10.7. The van der Waals surface area contributed by atoms with Crippen molar-refractivity contribution in [2.75, 3.05) is 20.8 Å². The molecule has 4 rings (SSSR count). The van der Waals surface area contributed by atoms with Gasteiger partial charge >= 0.3 is 0 Å². The number of benzene rings is 3. The van der Waals surface area contributed by atoms with E-state index in [9.17, 15) is 4.79 Å². The van der Waals surface area contributed by atoms with Gasteiger partial charge in [-0.25, -0.2) is 4.98 Å². The second kappa shape index (κ2) is 12.2. The molecule has 0 aliphatic carbocycles. The smallest absolute Gasteiger partial charge is 0.224 e. The zero-order valence-corrected chi connectivity index (χ0v) is 23.8. The Morgan fingerprint density at radius 3 is 2.38 bits per heavy atom. The van der Waals surface area contributed by atoms with Gasteiger partial charge in [0.2, 0.25) is 5.91 Å². The average Bonchev–Trinajstić information content (AvgIpc) is 3.29. The van der Waals surface area contributed by atoms with Crippen LogP contribution in [0.5, 0.6) is 17.2 Å². The Hall–Kier alpha value is -4.00. The summed E-state index contributed by atoms with van der Waals surface area (Å²) in [6, 6.07) is 21.6. The van der Waals surface area contributed by atoms with Crippen LogP contribution in [0.15, 0.2) is 66.7 Å². The van der Waals surface area contributed by atoms with Gasteiger partial charge in [-0.05, 0) is 66.3 Å². The number of aromatic nitrogens is 2. The van der Waals surface area contributed by atoms with Crippen LogP contribution in [0.2, 0.25) is 0 Å². The van der Waals surface area contributed by atoms with E-state index in [1.54, 1.807) is 14.2 Å². The van der Waals surface area contributed by atoms with E-state index < -0.39 is 0 Å². The van der Waals surface area contributed by atoms with Crippen molar-refractivity contribution < 1.29 is 19.0 Å². The summed E-state index contributed by atoms with van der Waals surface area (Å²) in [5.41, 5.74) is 4.20. The molecule has 0 spiro atoms. The molecule has 1 unspecified atom stereocenters. The zero-order valence-electron chi connectivity index (χ0n) is 23.8. The Morgan fingerprint density at radius 1 is 0.974 bits per heavy atom. The highest BCUT2D eigenvalue weighted by Crippen LogP contribution is 2.28. The number of fused-ring (bicyclic) bond motifs is 1. The number of nitrogens with zero attached hydrogens (tertiary/aromatic N) is 2. The van der Waals surface area contributed by atoms with E-state index >= 15 is 0 Å². The average molecular weight is 530 g/mol. The number of aryl methyl sites for hydroxylation is 1. The third kappa shape index (κ3) is 6.91. The van der Waals surface area contributed by atoms with Crippen LogP contribution in [0.4, 0.5) is 0 Å². The fraction of sp³-hybridized carbons (Fsp3) is 0.375. The predicted molar refractivity (Wildman–Crippen MR) is 155 cm³/mol. The minimum atomic E-state index is -0.268. The first kappa shape index (κ1) is 28.0. The number of amides is 1. The Balaban J connectivity index is 1.41. The molecule has 3 aromatic carbocycles. The van der Waals surface area contributed by atoms with E-state index in [1.807, 2.05) is 55.5 Å². The van der Waals surface area contributed by atoms with Crippen LogP contribution < -0.4 is 19.5 Å². The molecular formula is C32H39N3O4. The van der Waals surface area contributed by atoms with E-state index in [2.05, 4.69) is 48.9 Å². The zero-order chi connectivity index (χ0) is 28.0. The highest BCUT2D eigenvalue weighted by molar-refractivity contribution is 5.80. The summed E-state index contributed by atoms with van der Waals surface area (Å²) in [5, 5.41) is 3.12. The van der Waals surface area contributed by atoms with Crippen LogP contribution in [-0.2, 0) is 23.2 Å². The molecule has 4 aromatic rings. The summed E-state index contributed by atoms with van der Waals surface area (Å²) < 4.78 is 18.9. The number of hydrogen-bond acceptors (Lipinski definition) is 5. The quantitative estimate of drug-likeness (QED) is 0.233. The molecule has 7 heteroatoms. The van der Waals surface area contributed by atoms with Crippen LogP contribution >= 0.6 is 0 Å². The van der Waals surface area contributed by atoms with Gasteiger partial charge in [0, 0.05) is 6.54 Å². The number of para-hydroxylation sites is 2. The number of hydrogen-bond donors (Lipinski definition) is 1. The summed E-state index contributed by atoms with van der Waals surface area (Å²) in [6.45, 7) is 9.89. The van der Waals surface area contributed by atoms with Gasteiger partial charge in [0.15, 0.2) is 11.5 Å². The van der Waals surface area contributed by atoms with E-state index in [1.165, 1.54) is 5.56 Å². The Kier molecular flexibility index (Phi) is 8.79. The van der Waals surface area contributed by atoms with E-state index in [-0.39, 0.29) is 23.8 Å². The highest BCUT2D eigenvalue weighted by atomic mass is 16.5. The largest absolute Gasteiger partial charge is 0.494 e. The van der Waals surface area contributed by atoms with E-state index in [0.29, 0.717) is 18.1 Å². The van der Waals surface area contributed by atoms with Crippen LogP contribution in [0, 0.1) is 0 Å². The molecule has 0 fully saturated rings. The van der Waals surface area contributed by atoms with Gasteiger partial charge in [-0.15, -0.1) is 0 Å². The van der Waals surface area contributed by atoms with Crippen LogP contribution in [0.3, 0.4) is 0 Å². The van der Waals surface area contributed by atoms with Gasteiger partial charge in [0.05, 0.1) is 44.3 Å². The van der Waals surface area contributed by atoms with Gasteiger partial charge in [0.1, 0.15) is 11.6 Å². The lowest BCUT2D eigenvalue weighted by Gasteiger charge is -2.19. The lowest BCUT2D eigenvalue weighted by Crippen LogP contribution is -2.30. The summed E-state index contributed by atoms with van der Waals surface area (Å²) in [6.07, 6.45) is 1.04. The number of imidazole rings is 1. The highest BCUT2D eigenvalue weighted by Gasteiger charge is 2.19. The molecule has 0 radical (unpaired) electrons. The van der Waals surface area contributed by atoms with Crippen molar-refractivity contribution in [2.45, 2.75) is 58.5 Å². The Labute approximate surface area is 231 Å². The molecule has 1 heterocycles. The van der Waals surface area contributed by atoms with Gasteiger partial charge < -0.3 is 24.1 Å². The van der Waals surface area contributed by atoms with Crippen LogP contribution in [-0.4, -0.2) is 36.3 Å². The standard InChI is InChI=1S/C32H39N3O4/c1-22(33-30(36)21-23-12-17-28(37-5)29(20-23)38-6)31-34-26-10-7-8-11-27(26)35(31)18-9-19-39-25-15-13-24(14-16-25)32(2,3)4/h7-8,10-17,20,22H,9,18-19,21H2,1-6H3,(H,33,36). The molecule has 7 nitrogen and oxygen atoms in total. The Morgan fingerprint density at radius 2 is 1.69 bits per heavy atom. The minimum absolute atomic E-state index is 0.0876. The van der Waals surface area contributed by atoms with Crippen molar-refractivity contribution in [3.05, 3.63) is 83.7 Å². The van der Waals surface area contributed by atoms with E-state index in [0.717, 1.165) is 41.1 Å². The summed E-state index contributed by atoms with van der Waals surface area (Å²) in [4.78, 5) is 17.8. The molecule has 0 aliphatic rings. The van der Waals surface area contributed by atoms with Crippen molar-refractivity contribution in [3.63, 3.8) is 0 Å². The van der Waals surface area contributed by atoms with Crippen molar-refractivity contribution >= 4 is 16.9 Å². The Bertz CT molecular complexity index is 1400. The second-order valence-corrected chi connectivity index (χ2v) is 10.7. The fourth-order valence-electron chi connectivity index (χ4n) is 4.66. The summed E-state index contributed by atoms with van der Waals surface area (Å²) in [5.74, 6) is 2.84. The molecule has 1 atom stereocenters. The van der Waals surface area contributed by atoms with Gasteiger partial charge in [-0.2, -0.15) is 0 Å². The topological polar surface area (TPSA) is 74.6 Å². The third-order valence-corrected chi connectivity index (χ3v) is 6.78. The van der Waals surface area contributed by atoms with Crippen LogP contribution in [0.1, 0.15) is 57.1 Å². The molecule has 1 amide bonds. The maximum absolute atomic E-state index is 12.9. The van der Waals surface area contributed by atoms with Crippen molar-refractivity contribution in [1.29, 1.82) is 0 Å². The summed E-state index contributed by atoms with van der Waals surface area (Å²) >= 11 is 0. The first-order valence-corrected chi connectivity index (χ1v) is 13.4. The molecule has 0 saturated carbocycles. The number of carbonyl (C=O) groups excluding carboxylic acids is 1. The van der Waals surface area contributed by atoms with Crippen molar-refractivity contribution in [3.8, 4) is 17.2 Å². The van der Waals surface area contributed by atoms with Crippen LogP contribution in [0.25, 0.3) is 11.0 Å². The van der Waals surface area contributed by atoms with Crippen molar-refractivity contribution in [2.24, 2.45) is 0 Å². The molecule has 1 N–H and O–H groups in total. The lowest BCUT2D eigenvalue weighted by atomic mass is 9.87. The SMILES string of the molecule is COc1ccc(CC(=O)NC(C)c2nc3ccccc3n2CCCOc2ccc(C(C)(C)C)cc2)cc1OC. The maximum Gasteiger partial charge on any atom is 0.224 e. The normalized spacial score (nSPS) is 12.3. The molecule has 1 aromatic heterocycles. The third-order valence-electron chi connectivity index (χ3n) is 6.78. The minimum Gasteiger partial charge on any atom is -0.494 e. The first-order chi connectivity index (χ1) is 18.7. The molecule has 206 valence electrons. The summed E-state index contributed by atoms with van der Waals surface area (Å²) in [7, 11) is 3.18. The molecule has 0 aliphatic heterocycles. The van der Waals surface area contributed by atoms with Crippen molar-refractivity contribution in [1.82, 2.24) is 14.9 Å². The van der Waals surface area contributed by atoms with Gasteiger partial charge in [-0.3, -0.25) is 4.79 Å². The monoisotopic (exact) mass is 529 g/mol. The maximum atomic E-state index is 12.9. The number of rotatable bonds is 11. The number of carbonyl (C=O) groups is 1. The fourth-order valence-corrected chi connectivity index (χ4v) is 4.66. The lowest BCUT2D eigenvalue weighted by molar-refractivity contribution is -0.121. The van der Waals surface area contributed by atoms with E-state index in [4.69, 9.17) is 19.2 Å². The molecule has 0 bridgehead atoms. The predicted octanol–water partition coefficient (Wildman–Crippen LogP) is 6.24. The number of nitrogens with one attached hydrogen (secondary N) is 1. The van der Waals surface area contributed by atoms with Gasteiger partial charge in [0.25, 0.3) is 0 Å². The van der Waals surface area contributed by atoms with Gasteiger partial charge in [-0.1, -0.05) is 51.1 Å². The molecule has 0 saturated heterocycles. The molecular weight excluding hydrogens is 490 g/mol. The number of ether oxygens (including phenoxy) is 3. The first-order valence-electron chi connectivity index (χ1n) is 13.4. The molecule has 39 heavy (non-hydrogen) atoms. The number of methoxy groups -OCH3 is 2.